The van der Waals surface area contributed by atoms with E-state index in [4.69, 9.17) is 4.74 Å². The maximum absolute atomic E-state index is 13.1. The van der Waals surface area contributed by atoms with Crippen LogP contribution in [0.5, 0.6) is 5.75 Å². The average Bonchev–Trinajstić information content (AvgIpc) is 2.57. The van der Waals surface area contributed by atoms with Gasteiger partial charge in [-0.2, -0.15) is 0 Å². The predicted octanol–water partition coefficient (Wildman–Crippen LogP) is 3.90. The minimum atomic E-state index is -0.586. The zero-order valence-electron chi connectivity index (χ0n) is 16.2. The first-order valence-electron chi connectivity index (χ1n) is 8.49. The Bertz CT molecular complexity index is 785. The Morgan fingerprint density at radius 1 is 0.923 bits per heavy atom. The first-order chi connectivity index (χ1) is 12.1. The fraction of sp³-hybridized carbons (Fsp3) is 0.333. The van der Waals surface area contributed by atoms with Gasteiger partial charge in [-0.15, -0.1) is 0 Å². The van der Waals surface area contributed by atoms with E-state index in [2.05, 4.69) is 5.43 Å². The van der Waals surface area contributed by atoms with Crippen LogP contribution in [0.3, 0.4) is 0 Å². The summed E-state index contributed by atoms with van der Waals surface area (Å²) in [7, 11) is 1.57. The van der Waals surface area contributed by atoms with E-state index < -0.39 is 5.54 Å². The zero-order chi connectivity index (χ0) is 19.5. The number of hydrogen-bond acceptors (Lipinski definition) is 3. The third-order valence-electron chi connectivity index (χ3n) is 3.91. The third-order valence-corrected chi connectivity index (χ3v) is 3.91. The van der Waals surface area contributed by atoms with E-state index in [1.807, 2.05) is 52.8 Å². The number of benzene rings is 2. The van der Waals surface area contributed by atoms with E-state index in [0.29, 0.717) is 16.9 Å². The molecule has 2 aromatic carbocycles. The summed E-state index contributed by atoms with van der Waals surface area (Å²) in [6, 6.07) is 12.4. The number of ether oxygens (including phenoxy) is 1. The number of carbonyl (C=O) groups is 2. The highest BCUT2D eigenvalue weighted by Crippen LogP contribution is 2.18. The minimum absolute atomic E-state index is 0.244. The number of amides is 2. The van der Waals surface area contributed by atoms with Crippen molar-refractivity contribution in [2.24, 2.45) is 0 Å². The number of nitrogens with zero attached hydrogens (tertiary/aromatic N) is 1. The standard InChI is InChI=1S/C21H26N2O3/c1-14-11-15(2)13-17(12-14)20(25)23(21(3,4)5)22-19(24)16-7-9-18(26-6)10-8-16/h7-13H,1-6H3,(H,22,24). The van der Waals surface area contributed by atoms with Gasteiger partial charge in [0.1, 0.15) is 5.75 Å². The van der Waals surface area contributed by atoms with Crippen molar-refractivity contribution in [3.05, 3.63) is 64.7 Å². The molecule has 0 aromatic heterocycles. The van der Waals surface area contributed by atoms with Crippen LogP contribution >= 0.6 is 0 Å². The van der Waals surface area contributed by atoms with Gasteiger partial charge in [0, 0.05) is 11.1 Å². The molecular weight excluding hydrogens is 328 g/mol. The normalized spacial score (nSPS) is 11.0. The Morgan fingerprint density at radius 2 is 1.46 bits per heavy atom. The zero-order valence-corrected chi connectivity index (χ0v) is 16.2. The summed E-state index contributed by atoms with van der Waals surface area (Å²) in [4.78, 5) is 25.7. The second-order valence-corrected chi connectivity index (χ2v) is 7.36. The molecule has 0 aliphatic carbocycles. The molecule has 138 valence electrons. The van der Waals surface area contributed by atoms with E-state index >= 15 is 0 Å². The number of hydrazine groups is 1. The van der Waals surface area contributed by atoms with Gasteiger partial charge in [0.05, 0.1) is 12.6 Å². The van der Waals surface area contributed by atoms with Gasteiger partial charge < -0.3 is 4.74 Å². The molecule has 0 saturated heterocycles. The van der Waals surface area contributed by atoms with Gasteiger partial charge in [0.15, 0.2) is 0 Å². The Balaban J connectivity index is 2.29. The van der Waals surface area contributed by atoms with E-state index in [9.17, 15) is 9.59 Å². The summed E-state index contributed by atoms with van der Waals surface area (Å²) in [6.45, 7) is 9.52. The lowest BCUT2D eigenvalue weighted by Gasteiger charge is -2.35. The highest BCUT2D eigenvalue weighted by Gasteiger charge is 2.29. The molecule has 0 aliphatic rings. The summed E-state index contributed by atoms with van der Waals surface area (Å²) in [5.74, 6) is 0.0759. The van der Waals surface area contributed by atoms with E-state index in [0.717, 1.165) is 11.1 Å². The van der Waals surface area contributed by atoms with Crippen LogP contribution in [0.2, 0.25) is 0 Å². The van der Waals surface area contributed by atoms with Crippen molar-refractivity contribution in [1.29, 1.82) is 0 Å². The van der Waals surface area contributed by atoms with Crippen LogP contribution in [0.15, 0.2) is 42.5 Å². The molecule has 0 aliphatic heterocycles. The van der Waals surface area contributed by atoms with Crippen molar-refractivity contribution in [3.8, 4) is 5.75 Å². The lowest BCUT2D eigenvalue weighted by atomic mass is 10.0. The lowest BCUT2D eigenvalue weighted by Crippen LogP contribution is -2.55. The van der Waals surface area contributed by atoms with Crippen molar-refractivity contribution < 1.29 is 14.3 Å². The highest BCUT2D eigenvalue weighted by atomic mass is 16.5. The number of aryl methyl sites for hydroxylation is 2. The largest absolute Gasteiger partial charge is 0.497 e. The molecule has 0 radical (unpaired) electrons. The molecule has 5 nitrogen and oxygen atoms in total. The van der Waals surface area contributed by atoms with Crippen LogP contribution in [0, 0.1) is 13.8 Å². The lowest BCUT2D eigenvalue weighted by molar-refractivity contribution is 0.0358. The summed E-state index contributed by atoms with van der Waals surface area (Å²) in [5, 5.41) is 1.38. The van der Waals surface area contributed by atoms with Crippen LogP contribution in [-0.4, -0.2) is 29.5 Å². The van der Waals surface area contributed by atoms with Gasteiger partial charge in [-0.05, 0) is 71.0 Å². The second kappa shape index (κ2) is 7.60. The first kappa shape index (κ1) is 19.5. The monoisotopic (exact) mass is 354 g/mol. The van der Waals surface area contributed by atoms with Crippen molar-refractivity contribution in [1.82, 2.24) is 10.4 Å². The van der Waals surface area contributed by atoms with Crippen LogP contribution in [-0.2, 0) is 0 Å². The van der Waals surface area contributed by atoms with Crippen LogP contribution in [0.25, 0.3) is 0 Å². The molecule has 2 aromatic rings. The Kier molecular flexibility index (Phi) is 5.70. The van der Waals surface area contributed by atoms with Gasteiger partial charge in [0.2, 0.25) is 0 Å². The maximum atomic E-state index is 13.1. The van der Waals surface area contributed by atoms with Crippen molar-refractivity contribution in [2.75, 3.05) is 7.11 Å². The molecule has 26 heavy (non-hydrogen) atoms. The van der Waals surface area contributed by atoms with Gasteiger partial charge >= 0.3 is 0 Å². The second-order valence-electron chi connectivity index (χ2n) is 7.36. The molecule has 2 amide bonds. The van der Waals surface area contributed by atoms with Gasteiger partial charge in [0.25, 0.3) is 11.8 Å². The quantitative estimate of drug-likeness (QED) is 0.851. The molecule has 0 saturated carbocycles. The molecular formula is C21H26N2O3. The molecule has 0 unspecified atom stereocenters. The SMILES string of the molecule is COc1ccc(C(=O)NN(C(=O)c2cc(C)cc(C)c2)C(C)(C)C)cc1. The average molecular weight is 354 g/mol. The molecule has 5 heteroatoms. The summed E-state index contributed by atoms with van der Waals surface area (Å²) < 4.78 is 5.11. The van der Waals surface area contributed by atoms with Gasteiger partial charge in [-0.3, -0.25) is 15.0 Å². The highest BCUT2D eigenvalue weighted by molar-refractivity contribution is 5.99. The molecule has 0 heterocycles. The first-order valence-corrected chi connectivity index (χ1v) is 8.49. The number of methoxy groups -OCH3 is 1. The number of nitrogens with one attached hydrogen (secondary N) is 1. The molecule has 1 N–H and O–H groups in total. The summed E-state index contributed by atoms with van der Waals surface area (Å²) >= 11 is 0. The van der Waals surface area contributed by atoms with Crippen LogP contribution in [0.1, 0.15) is 52.6 Å². The van der Waals surface area contributed by atoms with Crippen molar-refractivity contribution in [3.63, 3.8) is 0 Å². The number of carbonyl (C=O) groups excluding carboxylic acids is 2. The summed E-state index contributed by atoms with van der Waals surface area (Å²) in [6.07, 6.45) is 0. The van der Waals surface area contributed by atoms with Gasteiger partial charge in [-0.25, -0.2) is 5.01 Å². The van der Waals surface area contributed by atoms with Crippen LogP contribution in [0.4, 0.5) is 0 Å². The topological polar surface area (TPSA) is 58.6 Å². The number of hydrogen-bond donors (Lipinski definition) is 1. The molecule has 0 atom stereocenters. The maximum Gasteiger partial charge on any atom is 0.272 e. The summed E-state index contributed by atoms with van der Waals surface area (Å²) in [5.41, 5.74) is 5.17. The van der Waals surface area contributed by atoms with Crippen LogP contribution < -0.4 is 10.2 Å². The Morgan fingerprint density at radius 3 is 1.92 bits per heavy atom. The smallest absolute Gasteiger partial charge is 0.272 e. The van der Waals surface area contributed by atoms with E-state index in [1.165, 1.54) is 5.01 Å². The predicted molar refractivity (Wildman–Crippen MR) is 102 cm³/mol. The fourth-order valence-corrected chi connectivity index (χ4v) is 2.66. The van der Waals surface area contributed by atoms with E-state index in [1.54, 1.807) is 31.4 Å². The third kappa shape index (κ3) is 4.63. The number of rotatable bonds is 3. The van der Waals surface area contributed by atoms with E-state index in [-0.39, 0.29) is 11.8 Å². The molecule has 0 spiro atoms. The Labute approximate surface area is 154 Å². The van der Waals surface area contributed by atoms with Gasteiger partial charge in [-0.1, -0.05) is 17.2 Å². The minimum Gasteiger partial charge on any atom is -0.497 e. The molecule has 0 fully saturated rings. The van der Waals surface area contributed by atoms with Crippen molar-refractivity contribution >= 4 is 11.8 Å². The van der Waals surface area contributed by atoms with Crippen molar-refractivity contribution in [2.45, 2.75) is 40.2 Å². The molecule has 0 bridgehead atoms. The fourth-order valence-electron chi connectivity index (χ4n) is 2.66. The Hall–Kier alpha value is -2.82. The molecule has 2 rings (SSSR count).